The molecule has 1 aliphatic rings. The number of benzene rings is 1. The minimum atomic E-state index is -4.13. The molecule has 0 radical (unpaired) electrons. The molecular weight excluding hydrogens is 401 g/mol. The van der Waals surface area contributed by atoms with Gasteiger partial charge in [0.05, 0.1) is 24.1 Å². The van der Waals surface area contributed by atoms with Gasteiger partial charge in [-0.25, -0.2) is 12.8 Å². The number of nitrogens with one attached hydrogen (secondary N) is 1. The van der Waals surface area contributed by atoms with Crippen LogP contribution in [0, 0.1) is 5.82 Å². The van der Waals surface area contributed by atoms with Gasteiger partial charge in [-0.3, -0.25) is 14.1 Å². The Morgan fingerprint density at radius 2 is 2.07 bits per heavy atom. The molecule has 3 aromatic rings. The predicted molar refractivity (Wildman–Crippen MR) is 106 cm³/mol. The van der Waals surface area contributed by atoms with Crippen LogP contribution < -0.4 is 9.62 Å². The molecule has 28 heavy (non-hydrogen) atoms. The molecule has 0 aliphatic carbocycles. The standard InChI is InChI=1S/C19H14FN3O3S2/c20-14-4-1-3-13(9-14)12-23-16-6-8-27-19(16)18(24)17(28(23,25)26)11-22-15-5-2-7-21-10-15/h1-11,22H,12H2/b17-11-. The van der Waals surface area contributed by atoms with Crippen molar-refractivity contribution < 1.29 is 17.6 Å². The van der Waals surface area contributed by atoms with Crippen molar-refractivity contribution in [2.75, 3.05) is 9.62 Å². The number of aromatic nitrogens is 1. The van der Waals surface area contributed by atoms with Gasteiger partial charge in [-0.1, -0.05) is 12.1 Å². The van der Waals surface area contributed by atoms with E-state index in [1.165, 1.54) is 41.9 Å². The lowest BCUT2D eigenvalue weighted by molar-refractivity contribution is 0.104. The van der Waals surface area contributed by atoms with E-state index in [0.29, 0.717) is 21.8 Å². The van der Waals surface area contributed by atoms with Crippen LogP contribution in [-0.4, -0.2) is 19.2 Å². The van der Waals surface area contributed by atoms with E-state index in [-0.39, 0.29) is 11.4 Å². The van der Waals surface area contributed by atoms with E-state index in [1.54, 1.807) is 35.8 Å². The summed E-state index contributed by atoms with van der Waals surface area (Å²) in [6, 6.07) is 10.7. The molecule has 0 amide bonds. The van der Waals surface area contributed by atoms with Gasteiger partial charge in [-0.15, -0.1) is 11.3 Å². The van der Waals surface area contributed by atoms with E-state index in [2.05, 4.69) is 10.3 Å². The van der Waals surface area contributed by atoms with Gasteiger partial charge in [-0.05, 0) is 41.3 Å². The highest BCUT2D eigenvalue weighted by Crippen LogP contribution is 2.39. The van der Waals surface area contributed by atoms with Crippen molar-refractivity contribution in [1.29, 1.82) is 0 Å². The summed E-state index contributed by atoms with van der Waals surface area (Å²) in [6.07, 6.45) is 4.27. The van der Waals surface area contributed by atoms with E-state index in [1.807, 2.05) is 0 Å². The second-order valence-electron chi connectivity index (χ2n) is 6.00. The Morgan fingerprint density at radius 1 is 1.21 bits per heavy atom. The van der Waals surface area contributed by atoms with Crippen LogP contribution in [-0.2, 0) is 16.6 Å². The van der Waals surface area contributed by atoms with Gasteiger partial charge in [0.1, 0.15) is 10.7 Å². The van der Waals surface area contributed by atoms with Gasteiger partial charge in [0.25, 0.3) is 10.0 Å². The Kier molecular flexibility index (Phi) is 4.70. The molecule has 0 fully saturated rings. The lowest BCUT2D eigenvalue weighted by atomic mass is 10.2. The Bertz CT molecular complexity index is 1170. The number of hydrogen-bond donors (Lipinski definition) is 1. The number of anilines is 2. The largest absolute Gasteiger partial charge is 0.359 e. The fourth-order valence-corrected chi connectivity index (χ4v) is 5.34. The number of nitrogens with zero attached hydrogens (tertiary/aromatic N) is 2. The van der Waals surface area contributed by atoms with Crippen LogP contribution in [0.15, 0.2) is 71.3 Å². The van der Waals surface area contributed by atoms with Crippen LogP contribution >= 0.6 is 11.3 Å². The molecule has 0 saturated heterocycles. The number of allylic oxidation sites excluding steroid dienone is 1. The molecule has 0 bridgehead atoms. The molecule has 0 saturated carbocycles. The first-order chi connectivity index (χ1) is 13.5. The average Bonchev–Trinajstić information content (AvgIpc) is 3.15. The Balaban J connectivity index is 1.76. The molecule has 2 aromatic heterocycles. The summed E-state index contributed by atoms with van der Waals surface area (Å²) >= 11 is 1.17. The minimum absolute atomic E-state index is 0.0820. The van der Waals surface area contributed by atoms with Gasteiger partial charge in [0.15, 0.2) is 4.91 Å². The summed E-state index contributed by atoms with van der Waals surface area (Å²) in [5.74, 6) is -1.03. The van der Waals surface area contributed by atoms with Gasteiger partial charge in [0, 0.05) is 12.4 Å². The number of rotatable bonds is 4. The minimum Gasteiger partial charge on any atom is -0.359 e. The topological polar surface area (TPSA) is 79.4 Å². The molecule has 1 aromatic carbocycles. The summed E-state index contributed by atoms with van der Waals surface area (Å²) in [7, 11) is -4.13. The highest BCUT2D eigenvalue weighted by atomic mass is 32.2. The quantitative estimate of drug-likeness (QED) is 0.656. The highest BCUT2D eigenvalue weighted by molar-refractivity contribution is 7.97. The molecule has 1 N–H and O–H groups in total. The smallest absolute Gasteiger partial charge is 0.270 e. The number of carbonyl (C=O) groups is 1. The molecule has 0 unspecified atom stereocenters. The summed E-state index contributed by atoms with van der Waals surface area (Å²) < 4.78 is 41.1. The van der Waals surface area contributed by atoms with Crippen molar-refractivity contribution in [3.63, 3.8) is 0 Å². The molecule has 4 rings (SSSR count). The van der Waals surface area contributed by atoms with Gasteiger partial charge < -0.3 is 5.32 Å². The van der Waals surface area contributed by atoms with Crippen LogP contribution in [0.1, 0.15) is 15.2 Å². The summed E-state index contributed by atoms with van der Waals surface area (Å²) in [5.41, 5.74) is 1.33. The number of fused-ring (bicyclic) bond motifs is 1. The Morgan fingerprint density at radius 3 is 2.82 bits per heavy atom. The number of pyridine rings is 1. The number of halogens is 1. The van der Waals surface area contributed by atoms with E-state index in [9.17, 15) is 17.6 Å². The van der Waals surface area contributed by atoms with E-state index in [0.717, 1.165) is 4.31 Å². The second-order valence-corrected chi connectivity index (χ2v) is 8.75. The first-order valence-corrected chi connectivity index (χ1v) is 10.5. The molecule has 9 heteroatoms. The highest BCUT2D eigenvalue weighted by Gasteiger charge is 2.41. The third-order valence-corrected chi connectivity index (χ3v) is 6.83. The summed E-state index contributed by atoms with van der Waals surface area (Å²) in [6.45, 7) is -0.0820. The zero-order chi connectivity index (χ0) is 19.7. The van der Waals surface area contributed by atoms with Crippen LogP contribution in [0.2, 0.25) is 0 Å². The van der Waals surface area contributed by atoms with Crippen molar-refractivity contribution in [3.05, 3.63) is 87.6 Å². The van der Waals surface area contributed by atoms with Gasteiger partial charge in [-0.2, -0.15) is 0 Å². The molecule has 6 nitrogen and oxygen atoms in total. The normalized spacial score (nSPS) is 16.8. The van der Waals surface area contributed by atoms with Crippen molar-refractivity contribution in [2.24, 2.45) is 0 Å². The number of Topliss-reactive ketones (excluding diaryl/α,β-unsaturated/α-hetero) is 1. The number of sulfonamides is 1. The molecule has 0 spiro atoms. The van der Waals surface area contributed by atoms with Gasteiger partial charge >= 0.3 is 0 Å². The number of ketones is 1. The van der Waals surface area contributed by atoms with Crippen molar-refractivity contribution >= 4 is 38.5 Å². The molecule has 3 heterocycles. The van der Waals surface area contributed by atoms with E-state index in [4.69, 9.17) is 0 Å². The van der Waals surface area contributed by atoms with E-state index < -0.39 is 21.6 Å². The van der Waals surface area contributed by atoms with Crippen molar-refractivity contribution in [2.45, 2.75) is 6.54 Å². The number of hydrogen-bond acceptors (Lipinski definition) is 6. The average molecular weight is 415 g/mol. The van der Waals surface area contributed by atoms with Crippen molar-refractivity contribution in [1.82, 2.24) is 4.98 Å². The zero-order valence-electron chi connectivity index (χ0n) is 14.4. The lowest BCUT2D eigenvalue weighted by Crippen LogP contribution is -2.38. The SMILES string of the molecule is O=C1/C(=C/Nc2cccnc2)S(=O)(=O)N(Cc2cccc(F)c2)c2ccsc21. The first-order valence-electron chi connectivity index (χ1n) is 8.23. The molecular formula is C19H14FN3O3S2. The fourth-order valence-electron chi connectivity index (χ4n) is 2.85. The number of thiophene rings is 1. The summed E-state index contributed by atoms with van der Waals surface area (Å²) in [5, 5.41) is 4.47. The first kappa shape index (κ1) is 18.3. The van der Waals surface area contributed by atoms with Crippen LogP contribution in [0.4, 0.5) is 15.8 Å². The Hall–Kier alpha value is -3.04. The molecule has 0 atom stereocenters. The lowest BCUT2D eigenvalue weighted by Gasteiger charge is -2.29. The third kappa shape index (κ3) is 3.30. The summed E-state index contributed by atoms with van der Waals surface area (Å²) in [4.78, 5) is 16.7. The zero-order valence-corrected chi connectivity index (χ0v) is 16.0. The third-order valence-electron chi connectivity index (χ3n) is 4.16. The molecule has 1 aliphatic heterocycles. The second kappa shape index (κ2) is 7.17. The van der Waals surface area contributed by atoms with Gasteiger partial charge in [0.2, 0.25) is 5.78 Å². The number of carbonyl (C=O) groups excluding carboxylic acids is 1. The fraction of sp³-hybridized carbons (Fsp3) is 0.0526. The van der Waals surface area contributed by atoms with Crippen LogP contribution in [0.3, 0.4) is 0 Å². The predicted octanol–water partition coefficient (Wildman–Crippen LogP) is 3.77. The maximum atomic E-state index is 13.5. The van der Waals surface area contributed by atoms with Crippen LogP contribution in [0.25, 0.3) is 0 Å². The van der Waals surface area contributed by atoms with E-state index >= 15 is 0 Å². The van der Waals surface area contributed by atoms with Crippen LogP contribution in [0.5, 0.6) is 0 Å². The molecule has 142 valence electrons. The van der Waals surface area contributed by atoms with Crippen molar-refractivity contribution in [3.8, 4) is 0 Å². The maximum Gasteiger partial charge on any atom is 0.270 e. The monoisotopic (exact) mass is 415 g/mol. The Labute approximate surface area is 165 Å². The maximum absolute atomic E-state index is 13.5.